The van der Waals surface area contributed by atoms with E-state index in [0.717, 1.165) is 19.3 Å². The van der Waals surface area contributed by atoms with Crippen LogP contribution in [0.2, 0.25) is 0 Å². The third-order valence-corrected chi connectivity index (χ3v) is 2.90. The molecule has 2 unspecified atom stereocenters. The summed E-state index contributed by atoms with van der Waals surface area (Å²) in [6.07, 6.45) is 2.94. The molecule has 0 radical (unpaired) electrons. The first-order valence-electron chi connectivity index (χ1n) is 7.36. The Balaban J connectivity index is 3.89. The molecule has 0 heterocycles. The van der Waals surface area contributed by atoms with Crippen LogP contribution in [0.3, 0.4) is 0 Å². The lowest BCUT2D eigenvalue weighted by Gasteiger charge is -2.32. The molecule has 4 heteroatoms. The van der Waals surface area contributed by atoms with Crippen molar-refractivity contribution in [1.82, 2.24) is 0 Å². The van der Waals surface area contributed by atoms with Crippen molar-refractivity contribution in [2.24, 2.45) is 11.5 Å². The van der Waals surface area contributed by atoms with Crippen LogP contribution in [-0.2, 0) is 9.47 Å². The summed E-state index contributed by atoms with van der Waals surface area (Å²) >= 11 is 0. The predicted molar refractivity (Wildman–Crippen MR) is 81.2 cm³/mol. The molecule has 4 nitrogen and oxygen atoms in total. The van der Waals surface area contributed by atoms with Crippen molar-refractivity contribution >= 4 is 0 Å². The molecular weight excluding hydrogens is 240 g/mol. The van der Waals surface area contributed by atoms with Crippen molar-refractivity contribution in [1.29, 1.82) is 0 Å². The molecule has 0 saturated heterocycles. The van der Waals surface area contributed by atoms with Gasteiger partial charge < -0.3 is 20.9 Å². The minimum atomic E-state index is -0.218. The van der Waals surface area contributed by atoms with Gasteiger partial charge in [0.1, 0.15) is 0 Å². The van der Waals surface area contributed by atoms with Gasteiger partial charge in [0, 0.05) is 11.6 Å². The topological polar surface area (TPSA) is 70.5 Å². The van der Waals surface area contributed by atoms with Gasteiger partial charge >= 0.3 is 0 Å². The van der Waals surface area contributed by atoms with Crippen molar-refractivity contribution in [2.45, 2.75) is 84.1 Å². The number of hydrogen-bond donors (Lipinski definition) is 2. The summed E-state index contributed by atoms with van der Waals surface area (Å²) in [7, 11) is 0. The lowest BCUT2D eigenvalue weighted by Crippen LogP contribution is -2.42. The highest BCUT2D eigenvalue weighted by Gasteiger charge is 2.26. The van der Waals surface area contributed by atoms with Crippen LogP contribution >= 0.6 is 0 Å². The molecule has 0 aliphatic rings. The molecule has 116 valence electrons. The van der Waals surface area contributed by atoms with E-state index in [1.807, 2.05) is 20.8 Å². The third-order valence-electron chi connectivity index (χ3n) is 2.90. The monoisotopic (exact) mass is 274 g/mol. The normalized spacial score (nSPS) is 16.4. The van der Waals surface area contributed by atoms with E-state index >= 15 is 0 Å². The Morgan fingerprint density at radius 1 is 1.11 bits per heavy atom. The van der Waals surface area contributed by atoms with Crippen molar-refractivity contribution in [3.8, 4) is 0 Å². The largest absolute Gasteiger partial charge is 0.376 e. The summed E-state index contributed by atoms with van der Waals surface area (Å²) in [5.74, 6) is 0. The minimum Gasteiger partial charge on any atom is -0.376 e. The fourth-order valence-electron chi connectivity index (χ4n) is 2.45. The van der Waals surface area contributed by atoms with Gasteiger partial charge in [-0.3, -0.25) is 0 Å². The van der Waals surface area contributed by atoms with Gasteiger partial charge in [0.05, 0.1) is 24.9 Å². The van der Waals surface area contributed by atoms with Crippen LogP contribution in [0.25, 0.3) is 0 Å². The van der Waals surface area contributed by atoms with E-state index in [-0.39, 0.29) is 23.3 Å². The quantitative estimate of drug-likeness (QED) is 0.600. The molecule has 0 rings (SSSR count). The summed E-state index contributed by atoms with van der Waals surface area (Å²) < 4.78 is 11.7. The highest BCUT2D eigenvalue weighted by Crippen LogP contribution is 2.21. The minimum absolute atomic E-state index is 0.181. The highest BCUT2D eigenvalue weighted by atomic mass is 16.5. The lowest BCUT2D eigenvalue weighted by molar-refractivity contribution is -0.0723. The van der Waals surface area contributed by atoms with Gasteiger partial charge in [-0.05, 0) is 53.9 Å². The Hall–Kier alpha value is -0.160. The maximum atomic E-state index is 6.03. The molecule has 4 N–H and O–H groups in total. The van der Waals surface area contributed by atoms with Gasteiger partial charge in [-0.25, -0.2) is 0 Å². The number of ether oxygens (including phenoxy) is 2. The lowest BCUT2D eigenvalue weighted by atomic mass is 9.90. The van der Waals surface area contributed by atoms with Gasteiger partial charge in [-0.1, -0.05) is 6.92 Å². The van der Waals surface area contributed by atoms with Crippen LogP contribution in [0.4, 0.5) is 0 Å². The second-order valence-electron chi connectivity index (χ2n) is 6.89. The first kappa shape index (κ1) is 18.8. The SMILES string of the molecule is CCC(CC(C)N)OCCOC(C)(C)CC(C)(C)N. The molecule has 0 saturated carbocycles. The molecule has 0 fully saturated rings. The Bertz CT molecular complexity index is 235. The van der Waals surface area contributed by atoms with E-state index in [2.05, 4.69) is 20.8 Å². The Labute approximate surface area is 119 Å². The maximum absolute atomic E-state index is 6.03. The van der Waals surface area contributed by atoms with E-state index in [4.69, 9.17) is 20.9 Å². The van der Waals surface area contributed by atoms with Crippen LogP contribution in [0, 0.1) is 0 Å². The number of nitrogens with two attached hydrogens (primary N) is 2. The summed E-state index contributed by atoms with van der Waals surface area (Å²) in [6.45, 7) is 13.5. The van der Waals surface area contributed by atoms with E-state index < -0.39 is 0 Å². The fourth-order valence-corrected chi connectivity index (χ4v) is 2.45. The zero-order valence-corrected chi connectivity index (χ0v) is 13.7. The van der Waals surface area contributed by atoms with Gasteiger partial charge in [0.15, 0.2) is 0 Å². The zero-order valence-electron chi connectivity index (χ0n) is 13.7. The van der Waals surface area contributed by atoms with E-state index in [0.29, 0.717) is 13.2 Å². The van der Waals surface area contributed by atoms with Crippen molar-refractivity contribution in [3.63, 3.8) is 0 Å². The molecule has 2 atom stereocenters. The van der Waals surface area contributed by atoms with Gasteiger partial charge in [0.2, 0.25) is 0 Å². The molecule has 0 amide bonds. The summed E-state index contributed by atoms with van der Waals surface area (Å²) in [5, 5.41) is 0. The van der Waals surface area contributed by atoms with Crippen LogP contribution in [0.1, 0.15) is 60.8 Å². The van der Waals surface area contributed by atoms with Crippen LogP contribution in [0.5, 0.6) is 0 Å². The average molecular weight is 274 g/mol. The second-order valence-corrected chi connectivity index (χ2v) is 6.89. The van der Waals surface area contributed by atoms with Gasteiger partial charge in [0.25, 0.3) is 0 Å². The molecule has 0 aromatic carbocycles. The van der Waals surface area contributed by atoms with E-state index in [1.165, 1.54) is 0 Å². The van der Waals surface area contributed by atoms with E-state index in [1.54, 1.807) is 0 Å². The van der Waals surface area contributed by atoms with Gasteiger partial charge in [-0.15, -0.1) is 0 Å². The van der Waals surface area contributed by atoms with Crippen molar-refractivity contribution < 1.29 is 9.47 Å². The molecular formula is C15H34N2O2. The van der Waals surface area contributed by atoms with Gasteiger partial charge in [-0.2, -0.15) is 0 Å². The third kappa shape index (κ3) is 11.4. The molecule has 0 aromatic rings. The standard InChI is InChI=1S/C15H34N2O2/c1-7-13(10-12(2)16)18-8-9-19-15(5,6)11-14(3,4)17/h12-13H,7-11,16-17H2,1-6H3. The van der Waals surface area contributed by atoms with Crippen LogP contribution < -0.4 is 11.5 Å². The smallest absolute Gasteiger partial charge is 0.0707 e. The molecule has 0 bridgehead atoms. The number of hydrogen-bond acceptors (Lipinski definition) is 4. The Kier molecular flexibility index (Phi) is 8.13. The zero-order chi connectivity index (χ0) is 15.1. The molecule has 0 spiro atoms. The Morgan fingerprint density at radius 2 is 1.68 bits per heavy atom. The average Bonchev–Trinajstić information content (AvgIpc) is 2.18. The molecule has 0 aromatic heterocycles. The van der Waals surface area contributed by atoms with Crippen molar-refractivity contribution in [2.75, 3.05) is 13.2 Å². The first-order valence-corrected chi connectivity index (χ1v) is 7.36. The first-order chi connectivity index (χ1) is 8.56. The van der Waals surface area contributed by atoms with Crippen molar-refractivity contribution in [3.05, 3.63) is 0 Å². The highest BCUT2D eigenvalue weighted by molar-refractivity contribution is 4.82. The number of rotatable bonds is 10. The second kappa shape index (κ2) is 8.20. The maximum Gasteiger partial charge on any atom is 0.0707 e. The fraction of sp³-hybridized carbons (Fsp3) is 1.00. The van der Waals surface area contributed by atoms with Crippen LogP contribution in [0.15, 0.2) is 0 Å². The summed E-state index contributed by atoms with van der Waals surface area (Å²) in [6, 6.07) is 0.181. The summed E-state index contributed by atoms with van der Waals surface area (Å²) in [4.78, 5) is 0. The van der Waals surface area contributed by atoms with Crippen LogP contribution in [-0.4, -0.2) is 36.5 Å². The molecule has 0 aliphatic heterocycles. The molecule has 0 aliphatic carbocycles. The molecule has 19 heavy (non-hydrogen) atoms. The predicted octanol–water partition coefficient (Wildman–Crippen LogP) is 2.44. The Morgan fingerprint density at radius 3 is 2.11 bits per heavy atom. The van der Waals surface area contributed by atoms with E-state index in [9.17, 15) is 0 Å². The summed E-state index contributed by atoms with van der Waals surface area (Å²) in [5.41, 5.74) is 11.4.